The molecule has 0 bridgehead atoms. The van der Waals surface area contributed by atoms with Crippen molar-refractivity contribution in [2.75, 3.05) is 6.54 Å². The Balaban J connectivity index is 3.42. The quantitative estimate of drug-likeness (QED) is 0.388. The lowest BCUT2D eigenvalue weighted by molar-refractivity contribution is 0.0488. The van der Waals surface area contributed by atoms with Crippen LogP contribution in [0.2, 0.25) is 0 Å². The van der Waals surface area contributed by atoms with Crippen molar-refractivity contribution in [2.24, 2.45) is 5.84 Å². The van der Waals surface area contributed by atoms with E-state index in [0.717, 1.165) is 19.3 Å². The number of rotatable bonds is 5. The molecule has 0 aliphatic rings. The summed E-state index contributed by atoms with van der Waals surface area (Å²) in [5.41, 5.74) is 1.83. The highest BCUT2D eigenvalue weighted by Gasteiger charge is 2.17. The number of nitrogens with two attached hydrogens (primary N) is 1. The number of hydrogen-bond acceptors (Lipinski definition) is 3. The molecule has 0 aliphatic carbocycles. The summed E-state index contributed by atoms with van der Waals surface area (Å²) in [5, 5.41) is 9.50. The maximum absolute atomic E-state index is 9.50. The topological polar surface area (TPSA) is 58.3 Å². The van der Waals surface area contributed by atoms with E-state index < -0.39 is 5.60 Å². The van der Waals surface area contributed by atoms with E-state index in [1.54, 1.807) is 6.92 Å². The van der Waals surface area contributed by atoms with Crippen LogP contribution in [0.25, 0.3) is 0 Å². The molecule has 0 spiro atoms. The highest BCUT2D eigenvalue weighted by molar-refractivity contribution is 4.73. The van der Waals surface area contributed by atoms with Crippen molar-refractivity contribution in [2.45, 2.75) is 38.7 Å². The number of aliphatic hydroxyl groups is 1. The van der Waals surface area contributed by atoms with Gasteiger partial charge in [0.25, 0.3) is 0 Å². The molecule has 0 heterocycles. The molecule has 4 N–H and O–H groups in total. The standard InChI is InChI=1S/C7H18N2O/c1-3-4-5-7(2,10)6-9-8/h9-10H,3-6,8H2,1-2H3. The number of hydrazine groups is 1. The van der Waals surface area contributed by atoms with Crippen LogP contribution in [0.4, 0.5) is 0 Å². The molecule has 0 rings (SSSR count). The first-order valence-corrected chi connectivity index (χ1v) is 3.78. The number of unbranched alkanes of at least 4 members (excludes halogenated alkanes) is 1. The first-order valence-electron chi connectivity index (χ1n) is 3.78. The van der Waals surface area contributed by atoms with E-state index in [2.05, 4.69) is 12.3 Å². The van der Waals surface area contributed by atoms with E-state index in [1.807, 2.05) is 0 Å². The fourth-order valence-electron chi connectivity index (χ4n) is 0.866. The third-order valence-electron chi connectivity index (χ3n) is 1.55. The van der Waals surface area contributed by atoms with Gasteiger partial charge in [-0.15, -0.1) is 0 Å². The lowest BCUT2D eigenvalue weighted by Crippen LogP contribution is -2.40. The first kappa shape index (κ1) is 9.88. The number of hydrogen-bond donors (Lipinski definition) is 3. The molecule has 0 fully saturated rings. The van der Waals surface area contributed by atoms with E-state index in [0.29, 0.717) is 6.54 Å². The fourth-order valence-corrected chi connectivity index (χ4v) is 0.866. The Labute approximate surface area is 62.6 Å². The summed E-state index contributed by atoms with van der Waals surface area (Å²) >= 11 is 0. The molecule has 0 aliphatic heterocycles. The highest BCUT2D eigenvalue weighted by atomic mass is 16.3. The van der Waals surface area contributed by atoms with Crippen LogP contribution in [-0.4, -0.2) is 17.3 Å². The Bertz CT molecular complexity index is 83.7. The molecule has 0 aromatic heterocycles. The van der Waals surface area contributed by atoms with Gasteiger partial charge in [0.1, 0.15) is 0 Å². The molecular formula is C7H18N2O. The zero-order valence-electron chi connectivity index (χ0n) is 6.85. The van der Waals surface area contributed by atoms with Crippen molar-refractivity contribution in [1.29, 1.82) is 0 Å². The zero-order chi connectivity index (χ0) is 8.04. The second-order valence-electron chi connectivity index (χ2n) is 2.98. The minimum atomic E-state index is -0.634. The van der Waals surface area contributed by atoms with Crippen LogP contribution >= 0.6 is 0 Å². The van der Waals surface area contributed by atoms with Gasteiger partial charge in [-0.2, -0.15) is 0 Å². The van der Waals surface area contributed by atoms with Gasteiger partial charge in [0.2, 0.25) is 0 Å². The normalized spacial score (nSPS) is 16.8. The number of nitrogens with one attached hydrogen (secondary N) is 1. The van der Waals surface area contributed by atoms with Gasteiger partial charge in [0.05, 0.1) is 5.60 Å². The maximum Gasteiger partial charge on any atom is 0.0757 e. The molecule has 0 radical (unpaired) electrons. The molecule has 3 nitrogen and oxygen atoms in total. The molecule has 0 aromatic rings. The van der Waals surface area contributed by atoms with Crippen molar-refractivity contribution in [3.05, 3.63) is 0 Å². The van der Waals surface area contributed by atoms with Gasteiger partial charge >= 0.3 is 0 Å². The van der Waals surface area contributed by atoms with Gasteiger partial charge in [0.15, 0.2) is 0 Å². The summed E-state index contributed by atoms with van der Waals surface area (Å²) in [6, 6.07) is 0. The van der Waals surface area contributed by atoms with Crippen LogP contribution in [-0.2, 0) is 0 Å². The van der Waals surface area contributed by atoms with Crippen LogP contribution in [0, 0.1) is 0 Å². The molecule has 3 heteroatoms. The average molecular weight is 146 g/mol. The molecule has 0 amide bonds. The molecular weight excluding hydrogens is 128 g/mol. The van der Waals surface area contributed by atoms with E-state index in [4.69, 9.17) is 5.84 Å². The molecule has 62 valence electrons. The predicted octanol–water partition coefficient (Wildman–Crippen LogP) is 0.391. The largest absolute Gasteiger partial charge is 0.389 e. The Morgan fingerprint density at radius 2 is 2.20 bits per heavy atom. The zero-order valence-corrected chi connectivity index (χ0v) is 6.85. The Hall–Kier alpha value is -0.120. The summed E-state index contributed by atoms with van der Waals surface area (Å²) < 4.78 is 0. The fraction of sp³-hybridized carbons (Fsp3) is 1.00. The Kier molecular flexibility index (Phi) is 4.60. The summed E-state index contributed by atoms with van der Waals surface area (Å²) in [7, 11) is 0. The summed E-state index contributed by atoms with van der Waals surface area (Å²) in [6.45, 7) is 4.36. The summed E-state index contributed by atoms with van der Waals surface area (Å²) in [5.74, 6) is 5.08. The van der Waals surface area contributed by atoms with E-state index in [1.165, 1.54) is 0 Å². The van der Waals surface area contributed by atoms with Crippen molar-refractivity contribution in [1.82, 2.24) is 5.43 Å². The third-order valence-corrected chi connectivity index (χ3v) is 1.55. The summed E-state index contributed by atoms with van der Waals surface area (Å²) in [4.78, 5) is 0. The lowest BCUT2D eigenvalue weighted by atomic mass is 10.00. The molecule has 0 aromatic carbocycles. The van der Waals surface area contributed by atoms with Crippen molar-refractivity contribution < 1.29 is 5.11 Å². The SMILES string of the molecule is CCCCC(C)(O)CNN. The van der Waals surface area contributed by atoms with Gasteiger partial charge in [-0.1, -0.05) is 19.8 Å². The van der Waals surface area contributed by atoms with Crippen molar-refractivity contribution in [3.63, 3.8) is 0 Å². The third kappa shape index (κ3) is 4.73. The maximum atomic E-state index is 9.50. The van der Waals surface area contributed by atoms with Crippen LogP contribution in [0.3, 0.4) is 0 Å². The first-order chi connectivity index (χ1) is 4.62. The van der Waals surface area contributed by atoms with Crippen LogP contribution < -0.4 is 11.3 Å². The Morgan fingerprint density at radius 1 is 1.60 bits per heavy atom. The molecule has 10 heavy (non-hydrogen) atoms. The van der Waals surface area contributed by atoms with E-state index >= 15 is 0 Å². The second-order valence-corrected chi connectivity index (χ2v) is 2.98. The van der Waals surface area contributed by atoms with Gasteiger partial charge in [-0.05, 0) is 13.3 Å². The second kappa shape index (κ2) is 4.66. The lowest BCUT2D eigenvalue weighted by Gasteiger charge is -2.21. The van der Waals surface area contributed by atoms with Crippen LogP contribution in [0.1, 0.15) is 33.1 Å². The van der Waals surface area contributed by atoms with Crippen LogP contribution in [0.15, 0.2) is 0 Å². The van der Waals surface area contributed by atoms with Gasteiger partial charge < -0.3 is 5.11 Å². The van der Waals surface area contributed by atoms with Gasteiger partial charge in [-0.25, -0.2) is 0 Å². The molecule has 1 atom stereocenters. The minimum Gasteiger partial charge on any atom is -0.389 e. The molecule has 0 saturated heterocycles. The van der Waals surface area contributed by atoms with E-state index in [9.17, 15) is 5.11 Å². The Morgan fingerprint density at radius 3 is 2.60 bits per heavy atom. The van der Waals surface area contributed by atoms with Crippen LogP contribution in [0.5, 0.6) is 0 Å². The predicted molar refractivity (Wildman–Crippen MR) is 42.3 cm³/mol. The van der Waals surface area contributed by atoms with Crippen molar-refractivity contribution in [3.8, 4) is 0 Å². The average Bonchev–Trinajstić information content (AvgIpc) is 1.84. The molecule has 1 unspecified atom stereocenters. The minimum absolute atomic E-state index is 0.465. The van der Waals surface area contributed by atoms with Gasteiger partial charge in [0, 0.05) is 6.54 Å². The monoisotopic (exact) mass is 146 g/mol. The smallest absolute Gasteiger partial charge is 0.0757 e. The van der Waals surface area contributed by atoms with Crippen molar-refractivity contribution >= 4 is 0 Å². The summed E-state index contributed by atoms with van der Waals surface area (Å²) in [6.07, 6.45) is 2.98. The molecule has 0 saturated carbocycles. The van der Waals surface area contributed by atoms with Gasteiger partial charge in [-0.3, -0.25) is 11.3 Å². The van der Waals surface area contributed by atoms with E-state index in [-0.39, 0.29) is 0 Å². The highest BCUT2D eigenvalue weighted by Crippen LogP contribution is 2.11.